The number of benzene rings is 2. The van der Waals surface area contributed by atoms with Gasteiger partial charge in [0.25, 0.3) is 11.8 Å². The number of rotatable bonds is 4. The minimum Gasteiger partial charge on any atom is -0.489 e. The Hall–Kier alpha value is -3.61. The van der Waals surface area contributed by atoms with Crippen molar-refractivity contribution < 1.29 is 14.3 Å². The second-order valence-electron chi connectivity index (χ2n) is 6.62. The number of para-hydroxylation sites is 2. The molecule has 0 aliphatic carbocycles. The van der Waals surface area contributed by atoms with E-state index >= 15 is 0 Å². The van der Waals surface area contributed by atoms with Crippen LogP contribution in [0.3, 0.4) is 0 Å². The van der Waals surface area contributed by atoms with Crippen LogP contribution in [0, 0.1) is 0 Å². The van der Waals surface area contributed by atoms with Crippen molar-refractivity contribution in [3.05, 3.63) is 78.4 Å². The fourth-order valence-corrected chi connectivity index (χ4v) is 3.15. The van der Waals surface area contributed by atoms with Crippen LogP contribution in [0.4, 0.5) is 5.69 Å². The highest BCUT2D eigenvalue weighted by Gasteiger charge is 2.30. The van der Waals surface area contributed by atoms with Gasteiger partial charge in [0.05, 0.1) is 12.0 Å². The first-order chi connectivity index (χ1) is 13.6. The summed E-state index contributed by atoms with van der Waals surface area (Å²) < 4.78 is 7.55. The number of ether oxygens (including phenoxy) is 1. The molecule has 7 heteroatoms. The summed E-state index contributed by atoms with van der Waals surface area (Å²) in [6, 6.07) is 16.4. The lowest BCUT2D eigenvalue weighted by atomic mass is 10.2. The summed E-state index contributed by atoms with van der Waals surface area (Å²) in [5.41, 5.74) is 2.04. The first kappa shape index (κ1) is 17.8. The minimum absolute atomic E-state index is 0.0661. The van der Waals surface area contributed by atoms with Gasteiger partial charge >= 0.3 is 0 Å². The van der Waals surface area contributed by atoms with Crippen LogP contribution < -0.4 is 15.0 Å². The van der Waals surface area contributed by atoms with Crippen molar-refractivity contribution in [1.29, 1.82) is 0 Å². The third-order valence-electron chi connectivity index (χ3n) is 4.64. The number of aromatic nitrogens is 2. The topological polar surface area (TPSA) is 76.5 Å². The zero-order chi connectivity index (χ0) is 19.5. The van der Waals surface area contributed by atoms with Crippen LogP contribution in [0.2, 0.25) is 0 Å². The van der Waals surface area contributed by atoms with Crippen LogP contribution >= 0.6 is 0 Å². The van der Waals surface area contributed by atoms with Crippen molar-refractivity contribution in [3.8, 4) is 5.75 Å². The monoisotopic (exact) mass is 376 g/mol. The summed E-state index contributed by atoms with van der Waals surface area (Å²) >= 11 is 0. The molecular formula is C21H20N4O3. The van der Waals surface area contributed by atoms with Crippen molar-refractivity contribution in [2.45, 2.75) is 12.6 Å². The summed E-state index contributed by atoms with van der Waals surface area (Å²) in [4.78, 5) is 31.0. The summed E-state index contributed by atoms with van der Waals surface area (Å²) in [6.07, 6.45) is 3.28. The number of likely N-dealkylation sites (N-methyl/N-ethyl adjacent to an activating group) is 1. The molecule has 0 spiro atoms. The molecule has 0 bridgehead atoms. The van der Waals surface area contributed by atoms with Crippen LogP contribution in [0.25, 0.3) is 0 Å². The molecule has 2 aromatic carbocycles. The highest BCUT2D eigenvalue weighted by Crippen LogP contribution is 2.29. The van der Waals surface area contributed by atoms with Crippen LogP contribution in [0.5, 0.6) is 5.75 Å². The van der Waals surface area contributed by atoms with Crippen molar-refractivity contribution in [1.82, 2.24) is 14.9 Å². The Morgan fingerprint density at radius 1 is 1.18 bits per heavy atom. The Balaban J connectivity index is 1.45. The van der Waals surface area contributed by atoms with Crippen molar-refractivity contribution in [2.24, 2.45) is 0 Å². The first-order valence-corrected chi connectivity index (χ1v) is 8.98. The van der Waals surface area contributed by atoms with Gasteiger partial charge in [0.1, 0.15) is 24.1 Å². The summed E-state index contributed by atoms with van der Waals surface area (Å²) in [5, 5.41) is 2.74. The third-order valence-corrected chi connectivity index (χ3v) is 4.64. The maximum Gasteiger partial charge on any atom is 0.272 e. The van der Waals surface area contributed by atoms with Gasteiger partial charge in [-0.1, -0.05) is 42.5 Å². The smallest absolute Gasteiger partial charge is 0.272 e. The second-order valence-corrected chi connectivity index (χ2v) is 6.62. The fraction of sp³-hybridized carbons (Fsp3) is 0.190. The lowest BCUT2D eigenvalue weighted by molar-refractivity contribution is -0.120. The predicted molar refractivity (Wildman–Crippen MR) is 104 cm³/mol. The molecule has 0 saturated carbocycles. The molecule has 142 valence electrons. The molecule has 0 radical (unpaired) electrons. The Morgan fingerprint density at radius 3 is 2.75 bits per heavy atom. The summed E-state index contributed by atoms with van der Waals surface area (Å²) in [7, 11) is 1.67. The largest absolute Gasteiger partial charge is 0.489 e. The van der Waals surface area contributed by atoms with E-state index in [1.807, 2.05) is 53.1 Å². The maximum atomic E-state index is 12.7. The molecule has 3 aromatic rings. The van der Waals surface area contributed by atoms with Gasteiger partial charge in [-0.25, -0.2) is 4.98 Å². The zero-order valence-corrected chi connectivity index (χ0v) is 15.4. The summed E-state index contributed by atoms with van der Waals surface area (Å²) in [5.74, 6) is -0.0302. The molecule has 1 aromatic heterocycles. The van der Waals surface area contributed by atoms with Crippen LogP contribution in [0.1, 0.15) is 16.1 Å². The van der Waals surface area contributed by atoms with E-state index in [0.29, 0.717) is 18.0 Å². The molecule has 1 N–H and O–H groups in total. The number of amides is 2. The Bertz CT molecular complexity index is 1000. The van der Waals surface area contributed by atoms with E-state index in [2.05, 4.69) is 10.3 Å². The Kier molecular flexibility index (Phi) is 4.80. The van der Waals surface area contributed by atoms with E-state index < -0.39 is 11.9 Å². The number of carbonyl (C=O) groups excluding carboxylic acids is 2. The molecular weight excluding hydrogens is 356 g/mol. The van der Waals surface area contributed by atoms with Gasteiger partial charge in [-0.2, -0.15) is 0 Å². The lowest BCUT2D eigenvalue weighted by Gasteiger charge is -2.20. The molecule has 0 unspecified atom stereocenters. The molecule has 1 aliphatic rings. The quantitative estimate of drug-likeness (QED) is 0.756. The third kappa shape index (κ3) is 3.59. The van der Waals surface area contributed by atoms with E-state index in [9.17, 15) is 9.59 Å². The molecule has 28 heavy (non-hydrogen) atoms. The van der Waals surface area contributed by atoms with Gasteiger partial charge in [0.2, 0.25) is 0 Å². The fourth-order valence-electron chi connectivity index (χ4n) is 3.15. The molecule has 1 aliphatic heterocycles. The number of nitrogens with one attached hydrogen (secondary N) is 1. The molecule has 0 fully saturated rings. The van der Waals surface area contributed by atoms with Crippen LogP contribution in [-0.2, 0) is 11.3 Å². The van der Waals surface area contributed by atoms with Gasteiger partial charge in [-0.15, -0.1) is 0 Å². The van der Waals surface area contributed by atoms with Crippen LogP contribution in [-0.4, -0.2) is 41.1 Å². The highest BCUT2D eigenvalue weighted by atomic mass is 16.5. The number of fused-ring (bicyclic) bond motifs is 1. The number of hydrogen-bond acceptors (Lipinski definition) is 4. The van der Waals surface area contributed by atoms with E-state index in [4.69, 9.17) is 4.74 Å². The summed E-state index contributed by atoms with van der Waals surface area (Å²) in [6.45, 7) is 0.682. The van der Waals surface area contributed by atoms with Gasteiger partial charge < -0.3 is 19.5 Å². The number of carbonyl (C=O) groups is 2. The van der Waals surface area contributed by atoms with Crippen molar-refractivity contribution in [3.63, 3.8) is 0 Å². The average Bonchev–Trinajstić information content (AvgIpc) is 3.15. The highest BCUT2D eigenvalue weighted by molar-refractivity contribution is 6.02. The molecule has 2 heterocycles. The maximum absolute atomic E-state index is 12.7. The lowest BCUT2D eigenvalue weighted by Crippen LogP contribution is -2.49. The number of anilines is 1. The molecule has 4 rings (SSSR count). The van der Waals surface area contributed by atoms with Crippen molar-refractivity contribution >= 4 is 17.5 Å². The van der Waals surface area contributed by atoms with E-state index in [1.54, 1.807) is 25.6 Å². The number of hydrogen-bond donors (Lipinski definition) is 1. The standard InChI is InChI=1S/C21H20N4O3/c1-24-18-9-5-6-10-19(18)28-13-17(21(24)27)23-20(26)16-12-25(14-22-16)11-15-7-3-2-4-8-15/h2-10,12,14,17H,11,13H2,1H3,(H,23,26)/t17-/m1/s1. The molecule has 1 atom stereocenters. The predicted octanol–water partition coefficient (Wildman–Crippen LogP) is 2.09. The normalized spacial score (nSPS) is 16.1. The van der Waals surface area contributed by atoms with Gasteiger partial charge in [0, 0.05) is 19.8 Å². The van der Waals surface area contributed by atoms with Crippen molar-refractivity contribution in [2.75, 3.05) is 18.6 Å². The Labute approximate surface area is 162 Å². The van der Waals surface area contributed by atoms with Gasteiger partial charge in [0.15, 0.2) is 0 Å². The molecule has 0 saturated heterocycles. The molecule has 7 nitrogen and oxygen atoms in total. The van der Waals surface area contributed by atoms with E-state index in [-0.39, 0.29) is 18.2 Å². The average molecular weight is 376 g/mol. The van der Waals surface area contributed by atoms with Gasteiger partial charge in [-0.3, -0.25) is 9.59 Å². The Morgan fingerprint density at radius 2 is 1.93 bits per heavy atom. The molecule has 2 amide bonds. The van der Waals surface area contributed by atoms with E-state index in [1.165, 1.54) is 4.90 Å². The second kappa shape index (κ2) is 7.56. The van der Waals surface area contributed by atoms with Gasteiger partial charge in [-0.05, 0) is 17.7 Å². The zero-order valence-electron chi connectivity index (χ0n) is 15.4. The van der Waals surface area contributed by atoms with E-state index in [0.717, 1.165) is 5.56 Å². The van der Waals surface area contributed by atoms with Crippen LogP contribution in [0.15, 0.2) is 67.1 Å². The minimum atomic E-state index is -0.788. The SMILES string of the molecule is CN1C(=O)[C@H](NC(=O)c2cn(Cc3ccccc3)cn2)COc2ccccc21. The first-order valence-electron chi connectivity index (χ1n) is 8.98. The number of imidazole rings is 1. The number of nitrogens with zero attached hydrogens (tertiary/aromatic N) is 3.